The molecule has 2 aromatic rings. The van der Waals surface area contributed by atoms with Crippen molar-refractivity contribution in [3.05, 3.63) is 45.7 Å². The molecule has 27 heavy (non-hydrogen) atoms. The molecule has 1 saturated heterocycles. The van der Waals surface area contributed by atoms with Crippen LogP contribution in [-0.4, -0.2) is 41.7 Å². The number of aryl methyl sites for hydroxylation is 2. The van der Waals surface area contributed by atoms with Gasteiger partial charge in [-0.25, -0.2) is 18.4 Å². The first-order chi connectivity index (χ1) is 12.8. The predicted molar refractivity (Wildman–Crippen MR) is 105 cm³/mol. The van der Waals surface area contributed by atoms with E-state index in [-0.39, 0.29) is 16.4 Å². The van der Waals surface area contributed by atoms with Crippen LogP contribution in [0.3, 0.4) is 0 Å². The zero-order valence-corrected chi connectivity index (χ0v) is 17.4. The lowest BCUT2D eigenvalue weighted by Gasteiger charge is -2.16. The third-order valence-corrected chi connectivity index (χ3v) is 6.74. The summed E-state index contributed by atoms with van der Waals surface area (Å²) in [4.78, 5) is 21.0. The summed E-state index contributed by atoms with van der Waals surface area (Å²) in [6, 6.07) is 6.24. The summed E-state index contributed by atoms with van der Waals surface area (Å²) in [7, 11) is -3.60. The number of nitrogens with zero attached hydrogens (tertiary/aromatic N) is 3. The van der Waals surface area contributed by atoms with Crippen LogP contribution in [0.1, 0.15) is 34.6 Å². The number of rotatable bonds is 5. The van der Waals surface area contributed by atoms with Gasteiger partial charge in [0.1, 0.15) is 0 Å². The largest absolute Gasteiger partial charge is 0.270 e. The van der Waals surface area contributed by atoms with E-state index < -0.39 is 15.9 Å². The molecule has 1 aromatic heterocycles. The molecule has 10 heteroatoms. The number of sulfonamides is 1. The molecule has 144 valence electrons. The zero-order valence-electron chi connectivity index (χ0n) is 15.0. The van der Waals surface area contributed by atoms with E-state index in [1.165, 1.54) is 16.4 Å². The van der Waals surface area contributed by atoms with E-state index in [9.17, 15) is 13.2 Å². The molecule has 0 saturated carbocycles. The Hall–Kier alpha value is -2.04. The molecule has 3 rings (SSSR count). The number of halogens is 1. The van der Waals surface area contributed by atoms with Gasteiger partial charge in [-0.15, -0.1) is 0 Å². The van der Waals surface area contributed by atoms with Crippen LogP contribution in [0, 0.1) is 13.8 Å². The Morgan fingerprint density at radius 2 is 1.74 bits per heavy atom. The monoisotopic (exact) mass is 453 g/mol. The number of nitrogens with one attached hydrogen (secondary N) is 2. The highest BCUT2D eigenvalue weighted by Crippen LogP contribution is 2.25. The number of hydrazine groups is 1. The van der Waals surface area contributed by atoms with Crippen molar-refractivity contribution in [2.24, 2.45) is 0 Å². The SMILES string of the molecule is Cc1cc(C)nc(NNC(=O)c2cc(S(=O)(=O)N3CCCC3)ccc2Br)n1. The van der Waals surface area contributed by atoms with Gasteiger partial charge in [0.25, 0.3) is 5.91 Å². The number of carbonyl (C=O) groups is 1. The Balaban J connectivity index is 1.80. The number of anilines is 1. The molecule has 0 aliphatic carbocycles. The standard InChI is InChI=1S/C17H20BrN5O3S/c1-11-9-12(2)20-17(19-11)22-21-16(24)14-10-13(5-6-15(14)18)27(25,26)23-7-3-4-8-23/h5-6,9-10H,3-4,7-8H2,1-2H3,(H,21,24)(H,19,20,22). The van der Waals surface area contributed by atoms with E-state index in [1.54, 1.807) is 6.07 Å². The van der Waals surface area contributed by atoms with E-state index in [0.29, 0.717) is 17.6 Å². The molecule has 0 spiro atoms. The highest BCUT2D eigenvalue weighted by atomic mass is 79.9. The molecule has 1 fully saturated rings. The summed E-state index contributed by atoms with van der Waals surface area (Å²) in [6.07, 6.45) is 1.70. The maximum absolute atomic E-state index is 12.7. The number of aromatic nitrogens is 2. The molecule has 0 radical (unpaired) electrons. The van der Waals surface area contributed by atoms with E-state index in [1.807, 2.05) is 19.9 Å². The lowest BCUT2D eigenvalue weighted by atomic mass is 10.2. The van der Waals surface area contributed by atoms with Crippen molar-refractivity contribution in [1.29, 1.82) is 0 Å². The van der Waals surface area contributed by atoms with Crippen molar-refractivity contribution >= 4 is 37.8 Å². The second kappa shape index (κ2) is 7.91. The van der Waals surface area contributed by atoms with Gasteiger partial charge >= 0.3 is 0 Å². The van der Waals surface area contributed by atoms with Crippen LogP contribution in [0.5, 0.6) is 0 Å². The molecule has 0 unspecified atom stereocenters. The Labute approximate surface area is 166 Å². The molecule has 1 amide bonds. The second-order valence-electron chi connectivity index (χ2n) is 6.31. The predicted octanol–water partition coefficient (Wildman–Crippen LogP) is 2.40. The van der Waals surface area contributed by atoms with Crippen molar-refractivity contribution in [3.8, 4) is 0 Å². The first-order valence-electron chi connectivity index (χ1n) is 8.46. The number of benzene rings is 1. The highest BCUT2D eigenvalue weighted by Gasteiger charge is 2.28. The highest BCUT2D eigenvalue weighted by molar-refractivity contribution is 9.10. The quantitative estimate of drug-likeness (QED) is 0.673. The van der Waals surface area contributed by atoms with Crippen LogP contribution >= 0.6 is 15.9 Å². The summed E-state index contributed by atoms with van der Waals surface area (Å²) in [5.41, 5.74) is 6.90. The number of amides is 1. The Morgan fingerprint density at radius 3 is 2.37 bits per heavy atom. The van der Waals surface area contributed by atoms with Gasteiger partial charge in [0.15, 0.2) is 0 Å². The molecule has 2 heterocycles. The fraction of sp³-hybridized carbons (Fsp3) is 0.353. The lowest BCUT2D eigenvalue weighted by Crippen LogP contribution is -2.31. The van der Waals surface area contributed by atoms with Crippen molar-refractivity contribution in [3.63, 3.8) is 0 Å². The van der Waals surface area contributed by atoms with E-state index in [2.05, 4.69) is 36.7 Å². The maximum Gasteiger partial charge on any atom is 0.270 e. The molecule has 0 bridgehead atoms. The zero-order chi connectivity index (χ0) is 19.6. The molecular formula is C17H20BrN5O3S. The van der Waals surface area contributed by atoms with Crippen LogP contribution in [0.4, 0.5) is 5.95 Å². The van der Waals surface area contributed by atoms with Gasteiger partial charge in [-0.1, -0.05) is 0 Å². The van der Waals surface area contributed by atoms with Crippen LogP contribution < -0.4 is 10.9 Å². The minimum absolute atomic E-state index is 0.0976. The smallest absolute Gasteiger partial charge is 0.267 e. The summed E-state index contributed by atoms with van der Waals surface area (Å²) in [6.45, 7) is 4.66. The van der Waals surface area contributed by atoms with Gasteiger partial charge in [-0.3, -0.25) is 15.6 Å². The number of hydrogen-bond donors (Lipinski definition) is 2. The lowest BCUT2D eigenvalue weighted by molar-refractivity contribution is 0.0961. The van der Waals surface area contributed by atoms with Gasteiger partial charge in [0.05, 0.1) is 10.5 Å². The molecular weight excluding hydrogens is 434 g/mol. The van der Waals surface area contributed by atoms with Crippen molar-refractivity contribution < 1.29 is 13.2 Å². The average Bonchev–Trinajstić information content (AvgIpc) is 3.14. The maximum atomic E-state index is 12.7. The average molecular weight is 454 g/mol. The van der Waals surface area contributed by atoms with Crippen LogP contribution in [0.25, 0.3) is 0 Å². The Bertz CT molecular complexity index is 954. The van der Waals surface area contributed by atoms with Gasteiger partial charge in [-0.2, -0.15) is 4.31 Å². The van der Waals surface area contributed by atoms with E-state index in [4.69, 9.17) is 0 Å². The fourth-order valence-corrected chi connectivity index (χ4v) is 4.85. The van der Waals surface area contributed by atoms with Gasteiger partial charge in [0, 0.05) is 29.0 Å². The van der Waals surface area contributed by atoms with Crippen LogP contribution in [0.15, 0.2) is 33.6 Å². The minimum atomic E-state index is -3.60. The van der Waals surface area contributed by atoms with Gasteiger partial charge in [0.2, 0.25) is 16.0 Å². The molecule has 8 nitrogen and oxygen atoms in total. The molecule has 0 atom stereocenters. The van der Waals surface area contributed by atoms with Crippen molar-refractivity contribution in [2.45, 2.75) is 31.6 Å². The Morgan fingerprint density at radius 1 is 1.11 bits per heavy atom. The summed E-state index contributed by atoms with van der Waals surface area (Å²) in [5, 5.41) is 0. The van der Waals surface area contributed by atoms with Crippen molar-refractivity contribution in [1.82, 2.24) is 19.7 Å². The Kier molecular flexibility index (Phi) is 5.78. The third-order valence-electron chi connectivity index (χ3n) is 4.16. The first-order valence-corrected chi connectivity index (χ1v) is 10.7. The van der Waals surface area contributed by atoms with Crippen LogP contribution in [-0.2, 0) is 10.0 Å². The van der Waals surface area contributed by atoms with Crippen molar-refractivity contribution in [2.75, 3.05) is 18.5 Å². The second-order valence-corrected chi connectivity index (χ2v) is 9.10. The molecule has 1 aliphatic rings. The number of hydrogen-bond acceptors (Lipinski definition) is 6. The van der Waals surface area contributed by atoms with Gasteiger partial charge < -0.3 is 0 Å². The number of carbonyl (C=O) groups excluding carboxylic acids is 1. The van der Waals surface area contributed by atoms with Gasteiger partial charge in [-0.05, 0) is 66.9 Å². The summed E-state index contributed by atoms with van der Waals surface area (Å²) < 4.78 is 27.4. The normalized spacial score (nSPS) is 14.9. The fourth-order valence-electron chi connectivity index (χ4n) is 2.88. The molecule has 1 aromatic carbocycles. The summed E-state index contributed by atoms with van der Waals surface area (Å²) in [5.74, 6) is -0.235. The summed E-state index contributed by atoms with van der Waals surface area (Å²) >= 11 is 3.30. The third kappa shape index (κ3) is 4.45. The van der Waals surface area contributed by atoms with E-state index in [0.717, 1.165) is 24.2 Å². The van der Waals surface area contributed by atoms with Crippen LogP contribution in [0.2, 0.25) is 0 Å². The minimum Gasteiger partial charge on any atom is -0.267 e. The van der Waals surface area contributed by atoms with E-state index >= 15 is 0 Å². The first kappa shape index (κ1) is 19.7. The topological polar surface area (TPSA) is 104 Å². The molecule has 2 N–H and O–H groups in total. The molecule has 1 aliphatic heterocycles.